The molecular formula is C23H30N4O. The van der Waals surface area contributed by atoms with Crippen LogP contribution < -0.4 is 5.32 Å². The van der Waals surface area contributed by atoms with Crippen molar-refractivity contribution < 1.29 is 4.79 Å². The van der Waals surface area contributed by atoms with Gasteiger partial charge in [-0.2, -0.15) is 5.10 Å². The second-order valence-corrected chi connectivity index (χ2v) is 7.78. The molecule has 1 amide bonds. The zero-order valence-corrected chi connectivity index (χ0v) is 17.7. The normalized spacial score (nSPS) is 11.6. The predicted octanol–water partition coefficient (Wildman–Crippen LogP) is 5.51. The largest absolute Gasteiger partial charge is 0.321 e. The molecule has 5 heteroatoms. The summed E-state index contributed by atoms with van der Waals surface area (Å²) >= 11 is 0. The second-order valence-electron chi connectivity index (χ2n) is 7.78. The molecule has 28 heavy (non-hydrogen) atoms. The summed E-state index contributed by atoms with van der Waals surface area (Å²) < 4.78 is 1.88. The minimum absolute atomic E-state index is 0.104. The minimum atomic E-state index is -0.104. The number of aryl methyl sites for hydroxylation is 2. The van der Waals surface area contributed by atoms with Crippen LogP contribution in [0.15, 0.2) is 30.5 Å². The van der Waals surface area contributed by atoms with Gasteiger partial charge in [0, 0.05) is 17.4 Å². The van der Waals surface area contributed by atoms with Crippen LogP contribution in [-0.2, 0) is 12.8 Å². The third-order valence-corrected chi connectivity index (χ3v) is 5.15. The highest BCUT2D eigenvalue weighted by atomic mass is 16.1. The molecule has 0 aliphatic carbocycles. The van der Waals surface area contributed by atoms with Crippen molar-refractivity contribution in [3.8, 4) is 0 Å². The Balaban J connectivity index is 2.12. The van der Waals surface area contributed by atoms with Gasteiger partial charge in [0.05, 0.1) is 17.1 Å². The number of carbonyl (C=O) groups excluding carboxylic acids is 1. The molecule has 0 spiro atoms. The molecule has 2 heterocycles. The Labute approximate surface area is 167 Å². The maximum atomic E-state index is 13.3. The van der Waals surface area contributed by atoms with Crippen LogP contribution in [0.4, 0.5) is 5.69 Å². The topological polar surface area (TPSA) is 59.8 Å². The summed E-state index contributed by atoms with van der Waals surface area (Å²) in [6, 6.07) is 8.30. The summed E-state index contributed by atoms with van der Waals surface area (Å²) in [5.41, 5.74) is 5.55. The number of para-hydroxylation sites is 1. The Morgan fingerprint density at radius 3 is 2.29 bits per heavy atom. The first-order valence-electron chi connectivity index (χ1n) is 10.2. The first-order valence-corrected chi connectivity index (χ1v) is 10.2. The number of anilines is 1. The summed E-state index contributed by atoms with van der Waals surface area (Å²) in [7, 11) is 0. The Hall–Kier alpha value is -2.69. The first-order chi connectivity index (χ1) is 13.4. The maximum absolute atomic E-state index is 13.3. The number of rotatable bonds is 6. The Morgan fingerprint density at radius 2 is 1.75 bits per heavy atom. The minimum Gasteiger partial charge on any atom is -0.321 e. The standard InChI is InChI=1S/C23H30N4O/c1-7-16-10-9-11-17(8-2)21(16)26-23(28)18-12-20(14(3)4)25-22-19(18)13-24-27(22)15(5)6/h9-15H,7-8H2,1-6H3,(H,26,28). The number of aromatic nitrogens is 3. The SMILES string of the molecule is CCc1cccc(CC)c1NC(=O)c1cc(C(C)C)nc2c1cnn2C(C)C. The fraction of sp³-hybridized carbons (Fsp3) is 0.435. The van der Waals surface area contributed by atoms with Crippen LogP contribution in [0.25, 0.3) is 11.0 Å². The molecule has 0 saturated carbocycles. The zero-order chi connectivity index (χ0) is 20.4. The van der Waals surface area contributed by atoms with Gasteiger partial charge in [0.2, 0.25) is 0 Å². The van der Waals surface area contributed by atoms with Crippen LogP contribution in [0.5, 0.6) is 0 Å². The summed E-state index contributed by atoms with van der Waals surface area (Å²) in [4.78, 5) is 18.1. The van der Waals surface area contributed by atoms with Crippen LogP contribution in [0, 0.1) is 0 Å². The lowest BCUT2D eigenvalue weighted by Gasteiger charge is -2.16. The van der Waals surface area contributed by atoms with E-state index < -0.39 is 0 Å². The molecule has 0 aliphatic rings. The van der Waals surface area contributed by atoms with Crippen molar-refractivity contribution in [3.63, 3.8) is 0 Å². The average molecular weight is 379 g/mol. The van der Waals surface area contributed by atoms with Crippen LogP contribution in [0.3, 0.4) is 0 Å². The van der Waals surface area contributed by atoms with Gasteiger partial charge in [-0.3, -0.25) is 4.79 Å². The maximum Gasteiger partial charge on any atom is 0.256 e. The van der Waals surface area contributed by atoms with E-state index in [0.29, 0.717) is 5.56 Å². The lowest BCUT2D eigenvalue weighted by molar-refractivity contribution is 0.102. The molecule has 5 nitrogen and oxygen atoms in total. The number of benzene rings is 1. The smallest absolute Gasteiger partial charge is 0.256 e. The highest BCUT2D eigenvalue weighted by Crippen LogP contribution is 2.27. The van der Waals surface area contributed by atoms with E-state index in [2.05, 4.69) is 70.2 Å². The molecule has 1 N–H and O–H groups in total. The van der Waals surface area contributed by atoms with Crippen LogP contribution in [0.1, 0.15) is 80.7 Å². The Bertz CT molecular complexity index is 979. The molecular weight excluding hydrogens is 348 g/mol. The van der Waals surface area contributed by atoms with Gasteiger partial charge < -0.3 is 5.32 Å². The molecule has 3 aromatic rings. The molecule has 0 saturated heterocycles. The van der Waals surface area contributed by atoms with Crippen LogP contribution >= 0.6 is 0 Å². The Morgan fingerprint density at radius 1 is 1.11 bits per heavy atom. The summed E-state index contributed by atoms with van der Waals surface area (Å²) in [6.45, 7) is 12.5. The van der Waals surface area contributed by atoms with Crippen molar-refractivity contribution in [3.05, 3.63) is 52.8 Å². The van der Waals surface area contributed by atoms with Gasteiger partial charge >= 0.3 is 0 Å². The zero-order valence-electron chi connectivity index (χ0n) is 17.7. The van der Waals surface area contributed by atoms with Gasteiger partial charge in [-0.05, 0) is 49.8 Å². The quantitative estimate of drug-likeness (QED) is 0.615. The molecule has 0 aliphatic heterocycles. The van der Waals surface area contributed by atoms with Crippen molar-refractivity contribution in [2.45, 2.75) is 66.3 Å². The molecule has 0 unspecified atom stereocenters. The van der Waals surface area contributed by atoms with Crippen LogP contribution in [-0.4, -0.2) is 20.7 Å². The van der Waals surface area contributed by atoms with Crippen molar-refractivity contribution >= 4 is 22.6 Å². The van der Waals surface area contributed by atoms with Gasteiger partial charge in [-0.15, -0.1) is 0 Å². The van der Waals surface area contributed by atoms with E-state index in [1.54, 1.807) is 6.20 Å². The molecule has 3 rings (SSSR count). The van der Waals surface area contributed by atoms with Gasteiger partial charge in [-0.1, -0.05) is 45.9 Å². The fourth-order valence-electron chi connectivity index (χ4n) is 3.48. The lowest BCUT2D eigenvalue weighted by Crippen LogP contribution is -2.16. The third-order valence-electron chi connectivity index (χ3n) is 5.15. The number of hydrogen-bond donors (Lipinski definition) is 1. The molecule has 0 radical (unpaired) electrons. The van der Waals surface area contributed by atoms with Gasteiger partial charge in [-0.25, -0.2) is 9.67 Å². The number of carbonyl (C=O) groups is 1. The van der Waals surface area contributed by atoms with Crippen molar-refractivity contribution in [2.75, 3.05) is 5.32 Å². The van der Waals surface area contributed by atoms with E-state index in [0.717, 1.165) is 46.4 Å². The number of fused-ring (bicyclic) bond motifs is 1. The highest BCUT2D eigenvalue weighted by Gasteiger charge is 2.20. The Kier molecular flexibility index (Phi) is 5.82. The molecule has 2 aromatic heterocycles. The average Bonchev–Trinajstić information content (AvgIpc) is 3.11. The third kappa shape index (κ3) is 3.66. The number of nitrogens with zero attached hydrogens (tertiary/aromatic N) is 3. The van der Waals surface area contributed by atoms with E-state index in [-0.39, 0.29) is 17.9 Å². The summed E-state index contributed by atoms with van der Waals surface area (Å²) in [6.07, 6.45) is 3.50. The fourth-order valence-corrected chi connectivity index (χ4v) is 3.48. The number of amides is 1. The molecule has 0 fully saturated rings. The summed E-state index contributed by atoms with van der Waals surface area (Å²) in [5.74, 6) is 0.119. The number of nitrogens with one attached hydrogen (secondary N) is 1. The van der Waals surface area contributed by atoms with Crippen molar-refractivity contribution in [2.24, 2.45) is 0 Å². The van der Waals surface area contributed by atoms with Gasteiger partial charge in [0.1, 0.15) is 0 Å². The van der Waals surface area contributed by atoms with Gasteiger partial charge in [0.25, 0.3) is 5.91 Å². The van der Waals surface area contributed by atoms with E-state index in [1.165, 1.54) is 0 Å². The van der Waals surface area contributed by atoms with E-state index in [4.69, 9.17) is 4.98 Å². The monoisotopic (exact) mass is 378 g/mol. The number of pyridine rings is 1. The predicted molar refractivity (Wildman–Crippen MR) is 115 cm³/mol. The lowest BCUT2D eigenvalue weighted by atomic mass is 10.0. The second kappa shape index (κ2) is 8.13. The molecule has 0 bridgehead atoms. The van der Waals surface area contributed by atoms with E-state index in [1.807, 2.05) is 10.7 Å². The van der Waals surface area contributed by atoms with Crippen LogP contribution in [0.2, 0.25) is 0 Å². The van der Waals surface area contributed by atoms with E-state index in [9.17, 15) is 4.79 Å². The summed E-state index contributed by atoms with van der Waals surface area (Å²) in [5, 5.41) is 8.47. The molecule has 1 aromatic carbocycles. The van der Waals surface area contributed by atoms with E-state index >= 15 is 0 Å². The molecule has 148 valence electrons. The van der Waals surface area contributed by atoms with Gasteiger partial charge in [0.15, 0.2) is 5.65 Å². The first kappa shape index (κ1) is 20.1. The van der Waals surface area contributed by atoms with Crippen molar-refractivity contribution in [1.82, 2.24) is 14.8 Å². The highest BCUT2D eigenvalue weighted by molar-refractivity contribution is 6.12. The number of hydrogen-bond acceptors (Lipinski definition) is 3. The molecule has 0 atom stereocenters. The van der Waals surface area contributed by atoms with Crippen molar-refractivity contribution in [1.29, 1.82) is 0 Å².